The third kappa shape index (κ3) is 6.42. The fourth-order valence-electron chi connectivity index (χ4n) is 0.829. The average Bonchev–Trinajstić information content (AvgIpc) is 1.91. The fraction of sp³-hybridized carbons (Fsp3) is 0.143. The second-order valence-corrected chi connectivity index (χ2v) is 3.81. The molecule has 2 N–H and O–H groups in total. The van der Waals surface area contributed by atoms with Crippen molar-refractivity contribution in [3.63, 3.8) is 0 Å². The monoisotopic (exact) mass is 236 g/mol. The first-order valence-corrected chi connectivity index (χ1v) is 4.82. The van der Waals surface area contributed by atoms with E-state index in [4.69, 9.17) is 9.66 Å². The Hall–Kier alpha value is 0.930. The van der Waals surface area contributed by atoms with Gasteiger partial charge in [-0.3, -0.25) is 4.55 Å². The van der Waals surface area contributed by atoms with Crippen LogP contribution in [0.15, 0.2) is 24.3 Å². The van der Waals surface area contributed by atoms with E-state index in [1.807, 2.05) is 0 Å². The predicted molar refractivity (Wildman–Crippen MR) is 57.7 cm³/mol. The number of phenolic OH excluding ortho intramolecular Hbond substituents is 1. The van der Waals surface area contributed by atoms with Crippen LogP contribution in [0.5, 0.6) is 5.75 Å². The zero-order valence-corrected chi connectivity index (χ0v) is 6.95. The van der Waals surface area contributed by atoms with E-state index in [1.54, 1.807) is 12.1 Å². The topological polar surface area (TPSA) is 74.6 Å². The number of rotatable bonds is 2. The molecule has 0 saturated carbocycles. The molecular formula is C7H10Na2O4S. The predicted octanol–water partition coefficient (Wildman–Crippen LogP) is -0.517. The van der Waals surface area contributed by atoms with E-state index in [0.29, 0.717) is 0 Å². The van der Waals surface area contributed by atoms with E-state index < -0.39 is 15.9 Å². The molecule has 0 spiro atoms. The molecule has 0 atom stereocenters. The molecule has 1 aromatic rings. The Morgan fingerprint density at radius 2 is 1.64 bits per heavy atom. The third-order valence-electron chi connectivity index (χ3n) is 1.33. The van der Waals surface area contributed by atoms with Crippen LogP contribution in [-0.2, 0) is 15.9 Å². The molecule has 0 fully saturated rings. The number of para-hydroxylation sites is 1. The molecule has 0 aliphatic rings. The molecule has 0 aromatic heterocycles. The summed E-state index contributed by atoms with van der Waals surface area (Å²) in [4.78, 5) is 0. The standard InChI is InChI=1S/C7H8O4S.2Na.2H/c8-7-4-2-1-3-6(7)5-12(9,10)11;;;;/h1-4,8H,5H2,(H,9,10,11);;;;. The van der Waals surface area contributed by atoms with E-state index in [2.05, 4.69) is 0 Å². The van der Waals surface area contributed by atoms with E-state index in [9.17, 15) is 8.42 Å². The van der Waals surface area contributed by atoms with Gasteiger partial charge in [0.05, 0.1) is 0 Å². The van der Waals surface area contributed by atoms with E-state index >= 15 is 0 Å². The van der Waals surface area contributed by atoms with E-state index in [-0.39, 0.29) is 70.4 Å². The SMILES string of the molecule is O=S(=O)(O)Cc1ccccc1O.[NaH].[NaH]. The minimum atomic E-state index is -4.06. The van der Waals surface area contributed by atoms with Crippen molar-refractivity contribution in [3.05, 3.63) is 29.8 Å². The first kappa shape index (κ1) is 17.3. The molecule has 0 heterocycles. The maximum atomic E-state index is 10.4. The summed E-state index contributed by atoms with van der Waals surface area (Å²) in [6.45, 7) is 0. The summed E-state index contributed by atoms with van der Waals surface area (Å²) in [7, 11) is -4.06. The number of hydrogen-bond acceptors (Lipinski definition) is 3. The van der Waals surface area contributed by atoms with Gasteiger partial charge < -0.3 is 5.11 Å². The zero-order valence-electron chi connectivity index (χ0n) is 6.14. The molecule has 70 valence electrons. The molecule has 14 heavy (non-hydrogen) atoms. The number of aromatic hydroxyl groups is 1. The van der Waals surface area contributed by atoms with Gasteiger partial charge in [-0.25, -0.2) is 0 Å². The molecule has 0 radical (unpaired) electrons. The fourth-order valence-corrected chi connectivity index (χ4v) is 1.47. The van der Waals surface area contributed by atoms with Gasteiger partial charge in [0.2, 0.25) is 0 Å². The molecule has 0 bridgehead atoms. The van der Waals surface area contributed by atoms with Crippen LogP contribution < -0.4 is 0 Å². The van der Waals surface area contributed by atoms with E-state index in [0.717, 1.165) is 0 Å². The van der Waals surface area contributed by atoms with Crippen LogP contribution in [0.25, 0.3) is 0 Å². The summed E-state index contributed by atoms with van der Waals surface area (Å²) < 4.78 is 29.3. The Morgan fingerprint density at radius 1 is 1.14 bits per heavy atom. The molecule has 0 saturated heterocycles. The van der Waals surface area contributed by atoms with Gasteiger partial charge in [0.25, 0.3) is 10.1 Å². The van der Waals surface area contributed by atoms with Crippen LogP contribution in [0.2, 0.25) is 0 Å². The van der Waals surface area contributed by atoms with Gasteiger partial charge in [0, 0.05) is 5.56 Å². The minimum absolute atomic E-state index is 0. The van der Waals surface area contributed by atoms with Gasteiger partial charge in [-0.2, -0.15) is 8.42 Å². The molecular weight excluding hydrogens is 226 g/mol. The maximum absolute atomic E-state index is 10.4. The second-order valence-electron chi connectivity index (χ2n) is 2.35. The van der Waals surface area contributed by atoms with Crippen molar-refractivity contribution in [1.29, 1.82) is 0 Å². The summed E-state index contributed by atoms with van der Waals surface area (Å²) in [6.07, 6.45) is 0. The first-order valence-electron chi connectivity index (χ1n) is 3.21. The summed E-state index contributed by atoms with van der Waals surface area (Å²) >= 11 is 0. The Balaban J connectivity index is 0. The third-order valence-corrected chi connectivity index (χ3v) is 2.01. The van der Waals surface area contributed by atoms with Gasteiger partial charge in [0.15, 0.2) is 0 Å². The number of phenols is 1. The van der Waals surface area contributed by atoms with Crippen molar-refractivity contribution >= 4 is 69.2 Å². The summed E-state index contributed by atoms with van der Waals surface area (Å²) in [6, 6.07) is 5.95. The van der Waals surface area contributed by atoms with Gasteiger partial charge in [-0.1, -0.05) is 18.2 Å². The average molecular weight is 236 g/mol. The number of hydrogen-bond donors (Lipinski definition) is 2. The normalized spacial score (nSPS) is 9.79. The molecule has 0 unspecified atom stereocenters. The van der Waals surface area contributed by atoms with Gasteiger partial charge >= 0.3 is 59.1 Å². The van der Waals surface area contributed by atoms with Crippen LogP contribution in [-0.4, -0.2) is 77.2 Å². The Kier molecular flexibility index (Phi) is 8.97. The summed E-state index contributed by atoms with van der Waals surface area (Å²) in [5.74, 6) is -0.685. The van der Waals surface area contributed by atoms with E-state index in [1.165, 1.54) is 12.1 Å². The molecule has 0 amide bonds. The van der Waals surface area contributed by atoms with Crippen molar-refractivity contribution < 1.29 is 18.1 Å². The van der Waals surface area contributed by atoms with Crippen LogP contribution in [0.3, 0.4) is 0 Å². The first-order chi connectivity index (χ1) is 5.49. The van der Waals surface area contributed by atoms with Gasteiger partial charge in [0.1, 0.15) is 11.5 Å². The Morgan fingerprint density at radius 3 is 2.07 bits per heavy atom. The van der Waals surface area contributed by atoms with Crippen LogP contribution in [0.4, 0.5) is 0 Å². The van der Waals surface area contributed by atoms with Crippen molar-refractivity contribution in [3.8, 4) is 5.75 Å². The van der Waals surface area contributed by atoms with Crippen molar-refractivity contribution in [2.24, 2.45) is 0 Å². The molecule has 1 rings (SSSR count). The van der Waals surface area contributed by atoms with Crippen molar-refractivity contribution in [2.75, 3.05) is 0 Å². The molecule has 1 aromatic carbocycles. The molecule has 4 nitrogen and oxygen atoms in total. The van der Waals surface area contributed by atoms with Crippen LogP contribution in [0, 0.1) is 0 Å². The van der Waals surface area contributed by atoms with Crippen LogP contribution in [0.1, 0.15) is 5.56 Å². The van der Waals surface area contributed by atoms with Crippen LogP contribution >= 0.6 is 0 Å². The zero-order chi connectivity index (χ0) is 9.19. The molecule has 0 aliphatic heterocycles. The van der Waals surface area contributed by atoms with Gasteiger partial charge in [-0.15, -0.1) is 0 Å². The number of benzene rings is 1. The Bertz CT molecular complexity index is 377. The summed E-state index contributed by atoms with van der Waals surface area (Å²) in [5, 5.41) is 9.10. The Labute approximate surface area is 127 Å². The quantitative estimate of drug-likeness (QED) is 0.535. The molecule has 7 heteroatoms. The van der Waals surface area contributed by atoms with Gasteiger partial charge in [-0.05, 0) is 6.07 Å². The van der Waals surface area contributed by atoms with Crippen molar-refractivity contribution in [2.45, 2.75) is 5.75 Å². The summed E-state index contributed by atoms with van der Waals surface area (Å²) in [5.41, 5.74) is 0.194. The second kappa shape index (κ2) is 7.24. The molecule has 0 aliphatic carbocycles. The van der Waals surface area contributed by atoms with Crippen molar-refractivity contribution in [1.82, 2.24) is 0 Å².